The van der Waals surface area contributed by atoms with Gasteiger partial charge in [0.25, 0.3) is 5.91 Å². The fourth-order valence-corrected chi connectivity index (χ4v) is 3.92. The van der Waals surface area contributed by atoms with Crippen LogP contribution in [-0.2, 0) is 4.79 Å². The van der Waals surface area contributed by atoms with Gasteiger partial charge in [-0.1, -0.05) is 6.07 Å². The number of carbonyl (C=O) groups is 1. The maximum atomic E-state index is 12.0. The van der Waals surface area contributed by atoms with Gasteiger partial charge in [0.2, 0.25) is 0 Å². The Bertz CT molecular complexity index is 1150. The normalized spacial score (nSPS) is 20.8. The van der Waals surface area contributed by atoms with Crippen LogP contribution in [0.5, 0.6) is 0 Å². The van der Waals surface area contributed by atoms with Gasteiger partial charge in [-0.25, -0.2) is 9.50 Å². The first-order valence-electron chi connectivity index (χ1n) is 10.5. The molecule has 3 N–H and O–H groups in total. The summed E-state index contributed by atoms with van der Waals surface area (Å²) in [6.45, 7) is 6.09. The van der Waals surface area contributed by atoms with E-state index < -0.39 is 0 Å². The number of anilines is 3. The number of benzene rings is 1. The van der Waals surface area contributed by atoms with Gasteiger partial charge in [0.05, 0.1) is 12.4 Å². The smallest absolute Gasteiger partial charge is 0.269 e. The zero-order valence-corrected chi connectivity index (χ0v) is 17.7. The zero-order valence-electron chi connectivity index (χ0n) is 17.7. The second-order valence-corrected chi connectivity index (χ2v) is 8.04. The number of nitrogens with one attached hydrogen (secondary N) is 3. The summed E-state index contributed by atoms with van der Waals surface area (Å²) in [5, 5.41) is 13.7. The molecule has 0 aliphatic carbocycles. The highest BCUT2D eigenvalue weighted by atomic mass is 16.2. The molecular weight excluding hydrogens is 392 g/mol. The minimum Gasteiger partial charge on any atom is -0.369 e. The summed E-state index contributed by atoms with van der Waals surface area (Å²) in [4.78, 5) is 21.5. The van der Waals surface area contributed by atoms with Gasteiger partial charge in [0.15, 0.2) is 5.65 Å². The van der Waals surface area contributed by atoms with Crippen LogP contribution in [0.4, 0.5) is 17.2 Å². The molecule has 9 heteroatoms. The number of amides is 1. The minimum absolute atomic E-state index is 0.0849. The number of carbonyl (C=O) groups excluding carboxylic acids is 1. The van der Waals surface area contributed by atoms with Gasteiger partial charge in [-0.3, -0.25) is 4.79 Å². The second kappa shape index (κ2) is 7.92. The monoisotopic (exact) mass is 418 g/mol. The summed E-state index contributed by atoms with van der Waals surface area (Å²) < 4.78 is 1.70. The van der Waals surface area contributed by atoms with E-state index in [-0.39, 0.29) is 12.1 Å². The lowest BCUT2D eigenvalue weighted by Crippen LogP contribution is -2.44. The van der Waals surface area contributed by atoms with Gasteiger partial charge < -0.3 is 25.8 Å². The Hall–Kier alpha value is -3.59. The van der Waals surface area contributed by atoms with Crippen molar-refractivity contribution in [3.63, 3.8) is 0 Å². The van der Waals surface area contributed by atoms with Crippen LogP contribution < -0.4 is 20.9 Å². The quantitative estimate of drug-likeness (QED) is 0.555. The molecule has 1 atom stereocenters. The molecule has 0 saturated carbocycles. The lowest BCUT2D eigenvalue weighted by molar-refractivity contribution is -0.116. The number of nitrogens with zero attached hydrogens (tertiary/aromatic N) is 5. The first kappa shape index (κ1) is 19.4. The Labute approximate surface area is 180 Å². The van der Waals surface area contributed by atoms with Crippen molar-refractivity contribution in [3.05, 3.63) is 54.0 Å². The molecule has 0 bridgehead atoms. The lowest BCUT2D eigenvalue weighted by atomic mass is 10.2. The summed E-state index contributed by atoms with van der Waals surface area (Å²) in [6.07, 6.45) is 5.28. The van der Waals surface area contributed by atoms with Gasteiger partial charge in [-0.05, 0) is 44.3 Å². The number of aromatic nitrogens is 3. The molecule has 1 aromatic carbocycles. The van der Waals surface area contributed by atoms with Crippen LogP contribution in [-0.4, -0.2) is 64.8 Å². The average molecular weight is 419 g/mol. The van der Waals surface area contributed by atoms with Crippen molar-refractivity contribution >= 4 is 34.8 Å². The van der Waals surface area contributed by atoms with Crippen LogP contribution in [0.1, 0.15) is 12.5 Å². The van der Waals surface area contributed by atoms with Crippen LogP contribution in [0.15, 0.2) is 48.4 Å². The van der Waals surface area contributed by atoms with Crippen LogP contribution in [0.25, 0.3) is 11.7 Å². The summed E-state index contributed by atoms with van der Waals surface area (Å²) in [5.74, 6) is 0.599. The van der Waals surface area contributed by atoms with Crippen molar-refractivity contribution in [2.75, 3.05) is 43.4 Å². The molecule has 1 amide bonds. The van der Waals surface area contributed by atoms with Crippen molar-refractivity contribution in [3.8, 4) is 0 Å². The average Bonchev–Trinajstić information content (AvgIpc) is 3.31. The third kappa shape index (κ3) is 4.04. The van der Waals surface area contributed by atoms with E-state index in [0.717, 1.165) is 43.2 Å². The highest BCUT2D eigenvalue weighted by molar-refractivity contribution is 6.00. The van der Waals surface area contributed by atoms with Crippen LogP contribution in [0.3, 0.4) is 0 Å². The van der Waals surface area contributed by atoms with Gasteiger partial charge in [0, 0.05) is 49.3 Å². The SMILES string of the molecule is CC1NC(=O)/C(=C/c2cnn3ccc(Nc4cccc(N5CCN(C)CC5)c4)nc23)N1. The molecule has 9 nitrogen and oxygen atoms in total. The molecule has 1 unspecified atom stereocenters. The second-order valence-electron chi connectivity index (χ2n) is 8.04. The molecule has 2 aromatic heterocycles. The van der Waals surface area contributed by atoms with Gasteiger partial charge in [0.1, 0.15) is 11.5 Å². The predicted molar refractivity (Wildman–Crippen MR) is 121 cm³/mol. The van der Waals surface area contributed by atoms with E-state index in [1.165, 1.54) is 5.69 Å². The van der Waals surface area contributed by atoms with E-state index in [2.05, 4.69) is 56.1 Å². The molecule has 2 aliphatic heterocycles. The van der Waals surface area contributed by atoms with Crippen molar-refractivity contribution in [1.29, 1.82) is 0 Å². The Morgan fingerprint density at radius 1 is 1.16 bits per heavy atom. The Kier molecular flexibility index (Phi) is 4.95. The molecule has 2 saturated heterocycles. The summed E-state index contributed by atoms with van der Waals surface area (Å²) in [5.41, 5.74) is 4.17. The molecule has 2 aliphatic rings. The van der Waals surface area contributed by atoms with E-state index in [1.807, 2.05) is 25.3 Å². The van der Waals surface area contributed by atoms with Crippen molar-refractivity contribution in [1.82, 2.24) is 30.1 Å². The van der Waals surface area contributed by atoms with Crippen LogP contribution >= 0.6 is 0 Å². The fourth-order valence-electron chi connectivity index (χ4n) is 3.92. The maximum Gasteiger partial charge on any atom is 0.269 e. The number of hydrogen-bond acceptors (Lipinski definition) is 7. The minimum atomic E-state index is -0.123. The molecule has 5 rings (SSSR count). The third-order valence-corrected chi connectivity index (χ3v) is 5.65. The van der Waals surface area contributed by atoms with E-state index in [1.54, 1.807) is 16.8 Å². The van der Waals surface area contributed by atoms with Crippen molar-refractivity contribution in [2.24, 2.45) is 0 Å². The molecule has 2 fully saturated rings. The topological polar surface area (TPSA) is 89.8 Å². The van der Waals surface area contributed by atoms with Crippen LogP contribution in [0, 0.1) is 0 Å². The lowest BCUT2D eigenvalue weighted by Gasteiger charge is -2.34. The number of likely N-dealkylation sites (N-methyl/N-ethyl adjacent to an activating group) is 1. The zero-order chi connectivity index (χ0) is 21.4. The summed E-state index contributed by atoms with van der Waals surface area (Å²) in [6, 6.07) is 10.3. The van der Waals surface area contributed by atoms with Crippen LogP contribution in [0.2, 0.25) is 0 Å². The van der Waals surface area contributed by atoms with E-state index in [9.17, 15) is 4.79 Å². The molecule has 0 spiro atoms. The third-order valence-electron chi connectivity index (χ3n) is 5.65. The highest BCUT2D eigenvalue weighted by Gasteiger charge is 2.22. The predicted octanol–water partition coefficient (Wildman–Crippen LogP) is 1.63. The Morgan fingerprint density at radius 3 is 2.77 bits per heavy atom. The highest BCUT2D eigenvalue weighted by Crippen LogP contribution is 2.24. The van der Waals surface area contributed by atoms with Gasteiger partial charge in [-0.15, -0.1) is 0 Å². The molecule has 0 radical (unpaired) electrons. The number of fused-ring (bicyclic) bond motifs is 1. The molecule has 4 heterocycles. The van der Waals surface area contributed by atoms with E-state index in [0.29, 0.717) is 11.3 Å². The van der Waals surface area contributed by atoms with Crippen molar-refractivity contribution in [2.45, 2.75) is 13.1 Å². The van der Waals surface area contributed by atoms with E-state index >= 15 is 0 Å². The number of rotatable bonds is 4. The molecular formula is C22H26N8O. The number of hydrogen-bond donors (Lipinski definition) is 3. The fraction of sp³-hybridized carbons (Fsp3) is 0.318. The largest absolute Gasteiger partial charge is 0.369 e. The maximum absolute atomic E-state index is 12.0. The first-order valence-corrected chi connectivity index (χ1v) is 10.5. The standard InChI is InChI=1S/C22H26N8O/c1-15-24-19(22(31)25-15)12-16-14-23-30-7-6-20(27-21(16)30)26-17-4-3-5-18(13-17)29-10-8-28(2)9-11-29/h3-7,12-15,24H,8-11H2,1-2H3,(H,25,31)(H,26,27)/b19-12-. The summed E-state index contributed by atoms with van der Waals surface area (Å²) in [7, 11) is 2.16. The van der Waals surface area contributed by atoms with Crippen molar-refractivity contribution < 1.29 is 4.79 Å². The summed E-state index contributed by atoms with van der Waals surface area (Å²) >= 11 is 0. The molecule has 3 aromatic rings. The number of piperazine rings is 1. The Morgan fingerprint density at radius 2 is 2.00 bits per heavy atom. The molecule has 160 valence electrons. The Balaban J connectivity index is 1.38. The van der Waals surface area contributed by atoms with E-state index in [4.69, 9.17) is 4.98 Å². The van der Waals surface area contributed by atoms with Gasteiger partial charge >= 0.3 is 0 Å². The first-order chi connectivity index (χ1) is 15.0. The molecule has 31 heavy (non-hydrogen) atoms. The van der Waals surface area contributed by atoms with Gasteiger partial charge in [-0.2, -0.15) is 5.10 Å².